The number of carbonyl (C=O) groups excluding carboxylic acids is 1. The number of amides is 1. The summed E-state index contributed by atoms with van der Waals surface area (Å²) >= 11 is 1.41. The van der Waals surface area contributed by atoms with E-state index in [-0.39, 0.29) is 11.9 Å². The molecule has 5 rings (SSSR count). The lowest BCUT2D eigenvalue weighted by Crippen LogP contribution is -2.45. The van der Waals surface area contributed by atoms with Crippen molar-refractivity contribution in [3.05, 3.63) is 54.0 Å². The van der Waals surface area contributed by atoms with E-state index in [4.69, 9.17) is 4.42 Å². The van der Waals surface area contributed by atoms with Gasteiger partial charge in [-0.15, -0.1) is 10.2 Å². The summed E-state index contributed by atoms with van der Waals surface area (Å²) in [5.74, 6) is 2.61. The molecule has 1 aliphatic carbocycles. The Kier molecular flexibility index (Phi) is 6.29. The van der Waals surface area contributed by atoms with Crippen molar-refractivity contribution < 1.29 is 9.21 Å². The number of hydrazine groups is 1. The largest absolute Gasteiger partial charge is 0.467 e. The number of nitrogens with one attached hydrogen (secondary N) is 3. The van der Waals surface area contributed by atoms with Crippen LogP contribution >= 0.6 is 11.8 Å². The van der Waals surface area contributed by atoms with Crippen molar-refractivity contribution in [1.29, 1.82) is 0 Å². The number of benzene rings is 1. The summed E-state index contributed by atoms with van der Waals surface area (Å²) in [6, 6.07) is 12.7. The highest BCUT2D eigenvalue weighted by Crippen LogP contribution is 2.28. The van der Waals surface area contributed by atoms with Crippen LogP contribution < -0.4 is 16.2 Å². The molecule has 3 N–H and O–H groups in total. The number of nitrogens with zero attached hydrogens (tertiary/aromatic N) is 3. The van der Waals surface area contributed by atoms with E-state index in [1.54, 1.807) is 6.26 Å². The Morgan fingerprint density at radius 1 is 1.25 bits per heavy atom. The molecule has 2 aromatic heterocycles. The predicted molar refractivity (Wildman–Crippen MR) is 123 cm³/mol. The van der Waals surface area contributed by atoms with E-state index in [1.165, 1.54) is 17.3 Å². The van der Waals surface area contributed by atoms with Crippen molar-refractivity contribution in [3.8, 4) is 11.4 Å². The van der Waals surface area contributed by atoms with Gasteiger partial charge in [-0.2, -0.15) is 0 Å². The minimum atomic E-state index is 0.0360. The second-order valence-electron chi connectivity index (χ2n) is 8.60. The molecule has 3 heterocycles. The Balaban J connectivity index is 1.26. The van der Waals surface area contributed by atoms with E-state index in [0.717, 1.165) is 43.0 Å². The van der Waals surface area contributed by atoms with Gasteiger partial charge in [-0.1, -0.05) is 41.6 Å². The number of rotatable bonds is 7. The first kappa shape index (κ1) is 21.2. The van der Waals surface area contributed by atoms with Gasteiger partial charge in [-0.3, -0.25) is 20.2 Å². The SMILES string of the molecule is Cc1ccc(-c2nnc(SCC(=O)NC3CCC4CNNC4C3)n2Cc2ccco2)cc1. The fourth-order valence-electron chi connectivity index (χ4n) is 4.52. The molecule has 1 aromatic carbocycles. The average molecular weight is 453 g/mol. The smallest absolute Gasteiger partial charge is 0.230 e. The van der Waals surface area contributed by atoms with Gasteiger partial charge in [-0.25, -0.2) is 0 Å². The second kappa shape index (κ2) is 9.48. The van der Waals surface area contributed by atoms with Crippen molar-refractivity contribution in [1.82, 2.24) is 30.9 Å². The highest BCUT2D eigenvalue weighted by molar-refractivity contribution is 7.99. The van der Waals surface area contributed by atoms with Gasteiger partial charge in [0.25, 0.3) is 0 Å². The van der Waals surface area contributed by atoms with Crippen LogP contribution in [0, 0.1) is 12.8 Å². The summed E-state index contributed by atoms with van der Waals surface area (Å²) in [6.45, 7) is 3.59. The molecular weight excluding hydrogens is 424 g/mol. The van der Waals surface area contributed by atoms with E-state index in [2.05, 4.69) is 45.4 Å². The van der Waals surface area contributed by atoms with Gasteiger partial charge in [-0.05, 0) is 44.2 Å². The highest BCUT2D eigenvalue weighted by Gasteiger charge is 2.34. The molecule has 1 saturated carbocycles. The van der Waals surface area contributed by atoms with Crippen LogP contribution in [0.25, 0.3) is 11.4 Å². The third kappa shape index (κ3) is 4.74. The fraction of sp³-hybridized carbons (Fsp3) is 0.435. The minimum Gasteiger partial charge on any atom is -0.467 e. The van der Waals surface area contributed by atoms with E-state index < -0.39 is 0 Å². The minimum absolute atomic E-state index is 0.0360. The maximum absolute atomic E-state index is 12.7. The van der Waals surface area contributed by atoms with Gasteiger partial charge < -0.3 is 9.73 Å². The van der Waals surface area contributed by atoms with Gasteiger partial charge in [0.15, 0.2) is 11.0 Å². The zero-order valence-electron chi connectivity index (χ0n) is 18.1. The van der Waals surface area contributed by atoms with Crippen molar-refractivity contribution in [3.63, 3.8) is 0 Å². The number of aromatic nitrogens is 3. The fourth-order valence-corrected chi connectivity index (χ4v) is 5.27. The first-order valence-corrected chi connectivity index (χ1v) is 12.1. The first-order valence-electron chi connectivity index (χ1n) is 11.1. The van der Waals surface area contributed by atoms with Crippen LogP contribution in [0.4, 0.5) is 0 Å². The van der Waals surface area contributed by atoms with Crippen molar-refractivity contribution in [2.45, 2.75) is 50.0 Å². The summed E-state index contributed by atoms with van der Waals surface area (Å²) in [6.07, 6.45) is 4.81. The summed E-state index contributed by atoms with van der Waals surface area (Å²) < 4.78 is 7.57. The lowest BCUT2D eigenvalue weighted by molar-refractivity contribution is -0.119. The molecule has 1 saturated heterocycles. The molecule has 9 heteroatoms. The first-order chi connectivity index (χ1) is 15.7. The third-order valence-electron chi connectivity index (χ3n) is 6.26. The molecule has 0 bridgehead atoms. The van der Waals surface area contributed by atoms with Crippen LogP contribution in [0.2, 0.25) is 0 Å². The maximum atomic E-state index is 12.7. The summed E-state index contributed by atoms with van der Waals surface area (Å²) in [4.78, 5) is 12.7. The van der Waals surface area contributed by atoms with Crippen LogP contribution in [0.15, 0.2) is 52.2 Å². The summed E-state index contributed by atoms with van der Waals surface area (Å²) in [7, 11) is 0. The van der Waals surface area contributed by atoms with E-state index >= 15 is 0 Å². The molecule has 168 valence electrons. The molecule has 3 atom stereocenters. The zero-order valence-corrected chi connectivity index (χ0v) is 18.9. The van der Waals surface area contributed by atoms with Crippen molar-refractivity contribution >= 4 is 17.7 Å². The third-order valence-corrected chi connectivity index (χ3v) is 7.23. The van der Waals surface area contributed by atoms with Gasteiger partial charge in [0.2, 0.25) is 5.91 Å². The zero-order chi connectivity index (χ0) is 21.9. The number of carbonyl (C=O) groups is 1. The number of fused-ring (bicyclic) bond motifs is 1. The van der Waals surface area contributed by atoms with Gasteiger partial charge in [0, 0.05) is 24.2 Å². The molecule has 2 aliphatic rings. The van der Waals surface area contributed by atoms with Crippen LogP contribution in [0.5, 0.6) is 0 Å². The Labute approximate surface area is 191 Å². The molecule has 0 radical (unpaired) electrons. The quantitative estimate of drug-likeness (QED) is 0.474. The van der Waals surface area contributed by atoms with Gasteiger partial charge >= 0.3 is 0 Å². The Morgan fingerprint density at radius 2 is 2.12 bits per heavy atom. The van der Waals surface area contributed by atoms with Crippen LogP contribution in [0.1, 0.15) is 30.6 Å². The summed E-state index contributed by atoms with van der Waals surface area (Å²) in [5, 5.41) is 12.7. The van der Waals surface area contributed by atoms with E-state index in [9.17, 15) is 4.79 Å². The maximum Gasteiger partial charge on any atom is 0.230 e. The Bertz CT molecular complexity index is 1050. The normalized spacial score (nSPS) is 22.6. The van der Waals surface area contributed by atoms with Crippen LogP contribution in [0.3, 0.4) is 0 Å². The Morgan fingerprint density at radius 3 is 2.94 bits per heavy atom. The average Bonchev–Trinajstić information content (AvgIpc) is 3.54. The highest BCUT2D eigenvalue weighted by atomic mass is 32.2. The predicted octanol–water partition coefficient (Wildman–Crippen LogP) is 2.75. The lowest BCUT2D eigenvalue weighted by atomic mass is 9.83. The molecular formula is C23H28N6O2S. The molecule has 32 heavy (non-hydrogen) atoms. The number of hydrogen-bond donors (Lipinski definition) is 3. The molecule has 2 fully saturated rings. The number of thioether (sulfide) groups is 1. The second-order valence-corrected chi connectivity index (χ2v) is 9.54. The van der Waals surface area contributed by atoms with Crippen molar-refractivity contribution in [2.24, 2.45) is 5.92 Å². The Hall–Kier alpha value is -2.62. The standard InChI is InChI=1S/C23H28N6O2S/c1-15-4-6-16(7-5-15)22-27-28-23(29(22)13-19-3-2-10-31-19)32-14-21(30)25-18-9-8-17-12-24-26-20(17)11-18/h2-7,10,17-18,20,24,26H,8-9,11-14H2,1H3,(H,25,30). The molecule has 0 spiro atoms. The van der Waals surface area contributed by atoms with Crippen molar-refractivity contribution in [2.75, 3.05) is 12.3 Å². The topological polar surface area (TPSA) is 97.0 Å². The molecule has 1 aliphatic heterocycles. The molecule has 3 aromatic rings. The molecule has 1 amide bonds. The summed E-state index contributed by atoms with van der Waals surface area (Å²) in [5.41, 5.74) is 8.74. The molecule has 8 nitrogen and oxygen atoms in total. The van der Waals surface area contributed by atoms with Gasteiger partial charge in [0.05, 0.1) is 18.6 Å². The lowest BCUT2D eigenvalue weighted by Gasteiger charge is -2.31. The number of furan rings is 1. The number of aryl methyl sites for hydroxylation is 1. The van der Waals surface area contributed by atoms with E-state index in [0.29, 0.717) is 29.4 Å². The molecule has 3 unspecified atom stereocenters. The van der Waals surface area contributed by atoms with Gasteiger partial charge in [0.1, 0.15) is 5.76 Å². The van der Waals surface area contributed by atoms with Crippen LogP contribution in [-0.4, -0.2) is 45.1 Å². The number of hydrogen-bond acceptors (Lipinski definition) is 7. The monoisotopic (exact) mass is 452 g/mol. The van der Waals surface area contributed by atoms with Crippen LogP contribution in [-0.2, 0) is 11.3 Å². The van der Waals surface area contributed by atoms with E-state index in [1.807, 2.05) is 28.8 Å².